The van der Waals surface area contributed by atoms with E-state index in [9.17, 15) is 9.00 Å². The topological polar surface area (TPSA) is 37.4 Å². The van der Waals surface area contributed by atoms with E-state index in [-0.39, 0.29) is 5.91 Å². The average molecular weight is 333 g/mol. The van der Waals surface area contributed by atoms with E-state index in [0.29, 0.717) is 6.04 Å². The number of carbonyl (C=O) groups is 1. The van der Waals surface area contributed by atoms with Gasteiger partial charge in [-0.1, -0.05) is 32.1 Å². The van der Waals surface area contributed by atoms with Crippen LogP contribution in [0.3, 0.4) is 0 Å². The van der Waals surface area contributed by atoms with E-state index in [1.54, 1.807) is 6.26 Å². The van der Waals surface area contributed by atoms with Gasteiger partial charge in [-0.15, -0.1) is 0 Å². The molecular weight excluding hydrogens is 306 g/mol. The van der Waals surface area contributed by atoms with Crippen LogP contribution >= 0.6 is 0 Å². The smallest absolute Gasteiger partial charge is 0.254 e. The highest BCUT2D eigenvalue weighted by atomic mass is 32.2. The first-order valence-electron chi connectivity index (χ1n) is 8.89. The monoisotopic (exact) mass is 333 g/mol. The van der Waals surface area contributed by atoms with Gasteiger partial charge in [0.05, 0.1) is 0 Å². The first-order chi connectivity index (χ1) is 11.1. The fourth-order valence-corrected chi connectivity index (χ4v) is 4.63. The van der Waals surface area contributed by atoms with Crippen LogP contribution in [0.5, 0.6) is 0 Å². The summed E-state index contributed by atoms with van der Waals surface area (Å²) in [6, 6.07) is 7.71. The summed E-state index contributed by atoms with van der Waals surface area (Å²) in [6.07, 6.45) is 11.9. The Kier molecular flexibility index (Phi) is 5.52. The third kappa shape index (κ3) is 4.03. The molecule has 0 spiro atoms. The zero-order valence-electron chi connectivity index (χ0n) is 14.0. The molecule has 0 N–H and O–H groups in total. The molecule has 0 radical (unpaired) electrons. The minimum atomic E-state index is -0.989. The molecule has 1 heterocycles. The van der Waals surface area contributed by atoms with Crippen LogP contribution in [0.25, 0.3) is 0 Å². The second-order valence-corrected chi connectivity index (χ2v) is 8.39. The molecule has 1 saturated carbocycles. The highest BCUT2D eigenvalue weighted by molar-refractivity contribution is 7.84. The number of benzene rings is 1. The second kappa shape index (κ2) is 7.61. The summed E-state index contributed by atoms with van der Waals surface area (Å²) in [6.45, 7) is 0.887. The molecule has 1 aliphatic heterocycles. The minimum Gasteiger partial charge on any atom is -0.336 e. The summed E-state index contributed by atoms with van der Waals surface area (Å²) in [7, 11) is -0.989. The standard InChI is InChI=1S/C19H27NO2S/c1-23(22)18-11-9-16(10-12-18)19(21)20-13-5-8-17(20)14-15-6-3-2-4-7-15/h9-12,15,17H,2-8,13-14H2,1H3. The summed E-state index contributed by atoms with van der Waals surface area (Å²) in [5, 5.41) is 0. The van der Waals surface area contributed by atoms with E-state index in [0.717, 1.165) is 35.8 Å². The molecule has 3 rings (SSSR count). The van der Waals surface area contributed by atoms with Gasteiger partial charge < -0.3 is 4.90 Å². The van der Waals surface area contributed by atoms with Crippen molar-refractivity contribution in [1.82, 2.24) is 4.90 Å². The van der Waals surface area contributed by atoms with Crippen LogP contribution in [0.1, 0.15) is 61.7 Å². The van der Waals surface area contributed by atoms with Crippen molar-refractivity contribution in [2.24, 2.45) is 5.92 Å². The molecule has 1 aliphatic carbocycles. The molecule has 23 heavy (non-hydrogen) atoms. The first-order valence-corrected chi connectivity index (χ1v) is 10.5. The number of hydrogen-bond acceptors (Lipinski definition) is 2. The van der Waals surface area contributed by atoms with Gasteiger partial charge >= 0.3 is 0 Å². The first kappa shape index (κ1) is 16.7. The van der Waals surface area contributed by atoms with Gasteiger partial charge in [-0.25, -0.2) is 0 Å². The Morgan fingerprint density at radius 3 is 2.43 bits per heavy atom. The van der Waals surface area contributed by atoms with Crippen molar-refractivity contribution in [1.29, 1.82) is 0 Å². The zero-order chi connectivity index (χ0) is 16.2. The van der Waals surface area contributed by atoms with Gasteiger partial charge in [0.25, 0.3) is 5.91 Å². The van der Waals surface area contributed by atoms with Crippen molar-refractivity contribution in [2.45, 2.75) is 62.3 Å². The van der Waals surface area contributed by atoms with Gasteiger partial charge in [0, 0.05) is 40.1 Å². The van der Waals surface area contributed by atoms with Gasteiger partial charge in [0.2, 0.25) is 0 Å². The lowest BCUT2D eigenvalue weighted by molar-refractivity contribution is 0.0711. The van der Waals surface area contributed by atoms with E-state index in [1.165, 1.54) is 38.5 Å². The number of rotatable bonds is 4. The normalized spacial score (nSPS) is 23.9. The van der Waals surface area contributed by atoms with Crippen LogP contribution in [-0.2, 0) is 10.8 Å². The number of amides is 1. The van der Waals surface area contributed by atoms with Crippen LogP contribution < -0.4 is 0 Å². The average Bonchev–Trinajstić information content (AvgIpc) is 3.03. The maximum absolute atomic E-state index is 12.8. The summed E-state index contributed by atoms with van der Waals surface area (Å²) in [5.41, 5.74) is 0.731. The Morgan fingerprint density at radius 1 is 1.09 bits per heavy atom. The third-order valence-electron chi connectivity index (χ3n) is 5.40. The summed E-state index contributed by atoms with van der Waals surface area (Å²) >= 11 is 0. The Morgan fingerprint density at radius 2 is 1.78 bits per heavy atom. The number of nitrogens with zero attached hydrogens (tertiary/aromatic N) is 1. The summed E-state index contributed by atoms with van der Waals surface area (Å²) in [4.78, 5) is 15.7. The van der Waals surface area contributed by atoms with Crippen LogP contribution in [0.15, 0.2) is 29.2 Å². The maximum atomic E-state index is 12.8. The van der Waals surface area contributed by atoms with E-state index in [4.69, 9.17) is 0 Å². The Bertz CT molecular complexity index is 563. The number of hydrogen-bond donors (Lipinski definition) is 0. The van der Waals surface area contributed by atoms with E-state index >= 15 is 0 Å². The van der Waals surface area contributed by atoms with Crippen molar-refractivity contribution in [3.8, 4) is 0 Å². The van der Waals surface area contributed by atoms with E-state index in [1.807, 2.05) is 24.3 Å². The lowest BCUT2D eigenvalue weighted by Gasteiger charge is -2.30. The van der Waals surface area contributed by atoms with Crippen LogP contribution in [-0.4, -0.2) is 33.9 Å². The van der Waals surface area contributed by atoms with Crippen LogP contribution in [0.2, 0.25) is 0 Å². The molecule has 2 atom stereocenters. The van der Waals surface area contributed by atoms with Gasteiger partial charge in [0.15, 0.2) is 0 Å². The van der Waals surface area contributed by atoms with Crippen molar-refractivity contribution < 1.29 is 9.00 Å². The molecule has 1 saturated heterocycles. The van der Waals surface area contributed by atoms with Crippen molar-refractivity contribution in [3.63, 3.8) is 0 Å². The van der Waals surface area contributed by atoms with E-state index < -0.39 is 10.8 Å². The molecule has 0 bridgehead atoms. The lowest BCUT2D eigenvalue weighted by Crippen LogP contribution is -2.37. The van der Waals surface area contributed by atoms with E-state index in [2.05, 4.69) is 4.90 Å². The second-order valence-electron chi connectivity index (χ2n) is 7.01. The largest absolute Gasteiger partial charge is 0.336 e. The minimum absolute atomic E-state index is 0.150. The molecule has 0 aromatic heterocycles. The number of likely N-dealkylation sites (tertiary alicyclic amines) is 1. The van der Waals surface area contributed by atoms with Crippen LogP contribution in [0.4, 0.5) is 0 Å². The maximum Gasteiger partial charge on any atom is 0.254 e. The Balaban J connectivity index is 1.66. The summed E-state index contributed by atoms with van der Waals surface area (Å²) < 4.78 is 11.5. The zero-order valence-corrected chi connectivity index (χ0v) is 14.8. The molecule has 2 fully saturated rings. The fraction of sp³-hybridized carbons (Fsp3) is 0.632. The molecule has 126 valence electrons. The molecule has 1 aromatic rings. The highest BCUT2D eigenvalue weighted by Gasteiger charge is 2.31. The quantitative estimate of drug-likeness (QED) is 0.835. The van der Waals surface area contributed by atoms with Crippen molar-refractivity contribution in [3.05, 3.63) is 29.8 Å². The van der Waals surface area contributed by atoms with Gasteiger partial charge in [-0.2, -0.15) is 0 Å². The molecule has 1 aromatic carbocycles. The predicted molar refractivity (Wildman–Crippen MR) is 94.0 cm³/mol. The Hall–Kier alpha value is -1.16. The molecule has 1 amide bonds. The molecule has 4 heteroatoms. The molecule has 2 aliphatic rings. The Labute approximate surface area is 141 Å². The van der Waals surface area contributed by atoms with Gasteiger partial charge in [-0.3, -0.25) is 9.00 Å². The highest BCUT2D eigenvalue weighted by Crippen LogP contribution is 2.32. The number of carbonyl (C=O) groups excluding carboxylic acids is 1. The third-order valence-corrected chi connectivity index (χ3v) is 6.34. The van der Waals surface area contributed by atoms with Crippen molar-refractivity contribution >= 4 is 16.7 Å². The predicted octanol–water partition coefficient (Wildman–Crippen LogP) is 4.00. The molecule has 3 nitrogen and oxygen atoms in total. The molecular formula is C19H27NO2S. The fourth-order valence-electron chi connectivity index (χ4n) is 4.11. The SMILES string of the molecule is CS(=O)c1ccc(C(=O)N2CCCC2CC2CCCCC2)cc1. The van der Waals surface area contributed by atoms with Crippen LogP contribution in [0, 0.1) is 5.92 Å². The van der Waals surface area contributed by atoms with Gasteiger partial charge in [-0.05, 0) is 49.4 Å². The lowest BCUT2D eigenvalue weighted by atomic mass is 9.84. The van der Waals surface area contributed by atoms with Crippen molar-refractivity contribution in [2.75, 3.05) is 12.8 Å². The molecule has 2 unspecified atom stereocenters. The summed E-state index contributed by atoms with van der Waals surface area (Å²) in [5.74, 6) is 0.962. The van der Waals surface area contributed by atoms with Gasteiger partial charge in [0.1, 0.15) is 0 Å².